The Morgan fingerprint density at radius 2 is 2.11 bits per heavy atom. The van der Waals surface area contributed by atoms with Gasteiger partial charge in [-0.15, -0.1) is 11.3 Å². The Hall–Kier alpha value is -1.87. The van der Waals surface area contributed by atoms with E-state index in [2.05, 4.69) is 54.7 Å². The summed E-state index contributed by atoms with van der Waals surface area (Å²) >= 11 is 1.82. The smallest absolute Gasteiger partial charge is 0.103 e. The Balaban J connectivity index is 1.83. The zero-order chi connectivity index (χ0) is 12.8. The molecule has 0 spiro atoms. The fourth-order valence-corrected chi connectivity index (χ4v) is 3.78. The normalized spacial score (nSPS) is 17.4. The van der Waals surface area contributed by atoms with Crippen LogP contribution < -0.4 is 5.32 Å². The number of benzene rings is 2. The fraction of sp³-hybridized carbons (Fsp3) is 0.188. The van der Waals surface area contributed by atoms with Gasteiger partial charge < -0.3 is 5.32 Å². The second-order valence-corrected chi connectivity index (χ2v) is 6.11. The van der Waals surface area contributed by atoms with E-state index in [4.69, 9.17) is 4.98 Å². The van der Waals surface area contributed by atoms with E-state index in [1.54, 1.807) is 0 Å². The standard InChI is InChI=1S/C16H14N2S/c1-10-6-7-15-14(8-10)18-16(19-15)12-9-17-13-5-3-2-4-11(12)13/h2-8,12,17H,9H2,1H3. The zero-order valence-corrected chi connectivity index (χ0v) is 11.5. The van der Waals surface area contributed by atoms with Gasteiger partial charge >= 0.3 is 0 Å². The average molecular weight is 266 g/mol. The van der Waals surface area contributed by atoms with E-state index in [9.17, 15) is 0 Å². The van der Waals surface area contributed by atoms with E-state index in [1.807, 2.05) is 11.3 Å². The van der Waals surface area contributed by atoms with E-state index in [0.717, 1.165) is 12.1 Å². The minimum atomic E-state index is 0.397. The maximum atomic E-state index is 4.83. The van der Waals surface area contributed by atoms with Crippen LogP contribution in [0.3, 0.4) is 0 Å². The SMILES string of the molecule is Cc1ccc2sc(C3CNc4ccccc43)nc2c1. The molecule has 0 bridgehead atoms. The highest BCUT2D eigenvalue weighted by atomic mass is 32.1. The lowest BCUT2D eigenvalue weighted by Crippen LogP contribution is -2.02. The van der Waals surface area contributed by atoms with Gasteiger partial charge in [-0.2, -0.15) is 0 Å². The van der Waals surface area contributed by atoms with Crippen molar-refractivity contribution >= 4 is 27.2 Å². The maximum absolute atomic E-state index is 4.83. The molecule has 1 aliphatic rings. The average Bonchev–Trinajstić information content (AvgIpc) is 3.00. The van der Waals surface area contributed by atoms with Gasteiger partial charge in [0.15, 0.2) is 0 Å². The summed E-state index contributed by atoms with van der Waals surface area (Å²) in [6.07, 6.45) is 0. The molecule has 1 N–H and O–H groups in total. The number of rotatable bonds is 1. The van der Waals surface area contributed by atoms with Gasteiger partial charge in [0, 0.05) is 12.2 Å². The minimum absolute atomic E-state index is 0.397. The molecule has 2 nitrogen and oxygen atoms in total. The first-order chi connectivity index (χ1) is 9.31. The number of aromatic nitrogens is 1. The fourth-order valence-electron chi connectivity index (χ4n) is 2.71. The molecule has 0 fully saturated rings. The van der Waals surface area contributed by atoms with E-state index < -0.39 is 0 Å². The Morgan fingerprint density at radius 3 is 3.05 bits per heavy atom. The van der Waals surface area contributed by atoms with Gasteiger partial charge in [-0.25, -0.2) is 4.98 Å². The van der Waals surface area contributed by atoms with Crippen molar-refractivity contribution in [2.45, 2.75) is 12.8 Å². The largest absolute Gasteiger partial charge is 0.384 e. The van der Waals surface area contributed by atoms with E-state index in [-0.39, 0.29) is 0 Å². The number of para-hydroxylation sites is 1. The van der Waals surface area contributed by atoms with Crippen LogP contribution in [-0.4, -0.2) is 11.5 Å². The lowest BCUT2D eigenvalue weighted by molar-refractivity contribution is 0.896. The summed E-state index contributed by atoms with van der Waals surface area (Å²) in [5, 5.41) is 4.69. The molecule has 1 atom stereocenters. The lowest BCUT2D eigenvalue weighted by atomic mass is 10.0. The first-order valence-corrected chi connectivity index (χ1v) is 7.33. The predicted molar refractivity (Wildman–Crippen MR) is 81.1 cm³/mol. The van der Waals surface area contributed by atoms with Crippen LogP contribution in [0.4, 0.5) is 5.69 Å². The third-order valence-electron chi connectivity index (χ3n) is 3.69. The van der Waals surface area contributed by atoms with Gasteiger partial charge in [0.1, 0.15) is 5.01 Å². The highest BCUT2D eigenvalue weighted by Crippen LogP contribution is 2.38. The number of aryl methyl sites for hydroxylation is 1. The van der Waals surface area contributed by atoms with Gasteiger partial charge in [0.25, 0.3) is 0 Å². The lowest BCUT2D eigenvalue weighted by Gasteiger charge is -2.05. The molecule has 94 valence electrons. The number of nitrogens with one attached hydrogen (secondary N) is 1. The molecule has 0 radical (unpaired) electrons. The van der Waals surface area contributed by atoms with Gasteiger partial charge in [0.2, 0.25) is 0 Å². The molecule has 2 heterocycles. The van der Waals surface area contributed by atoms with Crippen molar-refractivity contribution in [1.82, 2.24) is 4.98 Å². The van der Waals surface area contributed by atoms with E-state index in [0.29, 0.717) is 5.92 Å². The summed E-state index contributed by atoms with van der Waals surface area (Å²) in [5.74, 6) is 0.397. The summed E-state index contributed by atoms with van der Waals surface area (Å²) in [5.41, 5.74) is 5.03. The molecule has 4 rings (SSSR count). The summed E-state index contributed by atoms with van der Waals surface area (Å²) < 4.78 is 1.28. The van der Waals surface area contributed by atoms with Crippen molar-refractivity contribution in [3.05, 3.63) is 58.6 Å². The summed E-state index contributed by atoms with van der Waals surface area (Å²) in [6, 6.07) is 15.0. The molecular formula is C16H14N2S. The van der Waals surface area contributed by atoms with Crippen molar-refractivity contribution in [1.29, 1.82) is 0 Å². The van der Waals surface area contributed by atoms with Gasteiger partial charge in [-0.3, -0.25) is 0 Å². The number of fused-ring (bicyclic) bond motifs is 2. The maximum Gasteiger partial charge on any atom is 0.103 e. The predicted octanol–water partition coefficient (Wildman–Crippen LogP) is 4.16. The van der Waals surface area contributed by atoms with Gasteiger partial charge in [-0.1, -0.05) is 24.3 Å². The molecule has 1 aliphatic heterocycles. The van der Waals surface area contributed by atoms with Gasteiger partial charge in [-0.05, 0) is 36.2 Å². The molecule has 1 unspecified atom stereocenters. The van der Waals surface area contributed by atoms with Gasteiger partial charge in [0.05, 0.1) is 16.1 Å². The molecule has 0 amide bonds. The minimum Gasteiger partial charge on any atom is -0.384 e. The molecule has 19 heavy (non-hydrogen) atoms. The molecule has 3 aromatic rings. The molecule has 0 aliphatic carbocycles. The van der Waals surface area contributed by atoms with Crippen LogP contribution in [-0.2, 0) is 0 Å². The Morgan fingerprint density at radius 1 is 1.21 bits per heavy atom. The van der Waals surface area contributed by atoms with Crippen LogP contribution >= 0.6 is 11.3 Å². The second-order valence-electron chi connectivity index (χ2n) is 5.04. The first kappa shape index (κ1) is 11.0. The second kappa shape index (κ2) is 4.07. The molecular weight excluding hydrogens is 252 g/mol. The number of thiazole rings is 1. The monoisotopic (exact) mass is 266 g/mol. The van der Waals surface area contributed by atoms with Crippen molar-refractivity contribution in [3.8, 4) is 0 Å². The van der Waals surface area contributed by atoms with E-state index in [1.165, 1.54) is 26.5 Å². The van der Waals surface area contributed by atoms with Crippen LogP contribution in [0.25, 0.3) is 10.2 Å². The topological polar surface area (TPSA) is 24.9 Å². The Bertz CT molecular complexity index is 760. The number of nitrogens with zero attached hydrogens (tertiary/aromatic N) is 1. The summed E-state index contributed by atoms with van der Waals surface area (Å²) in [4.78, 5) is 4.83. The highest BCUT2D eigenvalue weighted by Gasteiger charge is 2.25. The molecule has 0 saturated carbocycles. The summed E-state index contributed by atoms with van der Waals surface area (Å²) in [6.45, 7) is 3.07. The number of hydrogen-bond acceptors (Lipinski definition) is 3. The van der Waals surface area contributed by atoms with Crippen molar-refractivity contribution < 1.29 is 0 Å². The van der Waals surface area contributed by atoms with Crippen molar-refractivity contribution in [3.63, 3.8) is 0 Å². The van der Waals surface area contributed by atoms with Crippen molar-refractivity contribution in [2.75, 3.05) is 11.9 Å². The summed E-state index contributed by atoms with van der Waals surface area (Å²) in [7, 11) is 0. The van der Waals surface area contributed by atoms with E-state index >= 15 is 0 Å². The molecule has 3 heteroatoms. The van der Waals surface area contributed by atoms with Crippen LogP contribution in [0.15, 0.2) is 42.5 Å². The van der Waals surface area contributed by atoms with Crippen molar-refractivity contribution in [2.24, 2.45) is 0 Å². The molecule has 2 aromatic carbocycles. The number of hydrogen-bond donors (Lipinski definition) is 1. The van der Waals surface area contributed by atoms with Crippen LogP contribution in [0, 0.1) is 6.92 Å². The van der Waals surface area contributed by atoms with Crippen LogP contribution in [0.5, 0.6) is 0 Å². The number of anilines is 1. The third kappa shape index (κ3) is 1.73. The highest BCUT2D eigenvalue weighted by molar-refractivity contribution is 7.18. The first-order valence-electron chi connectivity index (χ1n) is 6.51. The quantitative estimate of drug-likeness (QED) is 0.715. The molecule has 1 aromatic heterocycles. The van der Waals surface area contributed by atoms with Crippen LogP contribution in [0.1, 0.15) is 22.1 Å². The molecule has 0 saturated heterocycles. The third-order valence-corrected chi connectivity index (χ3v) is 4.84. The Kier molecular flexibility index (Phi) is 2.35. The van der Waals surface area contributed by atoms with Crippen LogP contribution in [0.2, 0.25) is 0 Å². The Labute approximate surface area is 116 Å². The zero-order valence-electron chi connectivity index (χ0n) is 10.7.